The van der Waals surface area contributed by atoms with Crippen LogP contribution in [-0.4, -0.2) is 50.3 Å². The van der Waals surface area contributed by atoms with Gasteiger partial charge in [0.15, 0.2) is 0 Å². The fraction of sp³-hybridized carbons (Fsp3) is 0.345. The highest BCUT2D eigenvalue weighted by molar-refractivity contribution is 7.88. The van der Waals surface area contributed by atoms with Crippen molar-refractivity contribution in [2.24, 2.45) is 5.41 Å². The lowest BCUT2D eigenvalue weighted by molar-refractivity contribution is -0.134. The van der Waals surface area contributed by atoms with E-state index in [2.05, 4.69) is 0 Å². The highest BCUT2D eigenvalue weighted by Gasteiger charge is 2.42. The Morgan fingerprint density at radius 3 is 2.26 bits per heavy atom. The van der Waals surface area contributed by atoms with E-state index in [9.17, 15) is 22.0 Å². The Bertz CT molecular complexity index is 1320. The average Bonchev–Trinajstić information content (AvgIpc) is 2.88. The second-order valence-corrected chi connectivity index (χ2v) is 12.0. The first kappa shape index (κ1) is 27.7. The molecule has 0 aliphatic carbocycles. The molecular formula is C29H32F2N2O4S. The number of carbonyl (C=O) groups is 1. The van der Waals surface area contributed by atoms with E-state index in [-0.39, 0.29) is 37.6 Å². The van der Waals surface area contributed by atoms with Gasteiger partial charge in [0.1, 0.15) is 17.4 Å². The van der Waals surface area contributed by atoms with E-state index in [1.165, 1.54) is 4.31 Å². The number of benzene rings is 3. The molecule has 38 heavy (non-hydrogen) atoms. The van der Waals surface area contributed by atoms with Crippen LogP contribution in [0.25, 0.3) is 0 Å². The SMILES string of the molecule is CN(Cc1ccccc1)C(=O)C[C@]1(COc2ccccc2)CCCN(S(=O)(=O)Cc2cc(F)cc(F)c2)C1. The fourth-order valence-electron chi connectivity index (χ4n) is 4.86. The topological polar surface area (TPSA) is 66.9 Å². The molecule has 3 aromatic carbocycles. The molecule has 9 heteroatoms. The fourth-order valence-corrected chi connectivity index (χ4v) is 6.51. The normalized spacial score (nSPS) is 18.2. The summed E-state index contributed by atoms with van der Waals surface area (Å²) in [5.74, 6) is -1.67. The molecule has 0 saturated carbocycles. The van der Waals surface area contributed by atoms with Crippen LogP contribution in [0.5, 0.6) is 5.75 Å². The van der Waals surface area contributed by atoms with Crippen LogP contribution in [0.2, 0.25) is 0 Å². The lowest BCUT2D eigenvalue weighted by atomic mass is 9.78. The first-order valence-electron chi connectivity index (χ1n) is 12.5. The van der Waals surface area contributed by atoms with Crippen molar-refractivity contribution in [1.82, 2.24) is 9.21 Å². The third-order valence-corrected chi connectivity index (χ3v) is 8.59. The zero-order valence-corrected chi connectivity index (χ0v) is 22.2. The van der Waals surface area contributed by atoms with E-state index < -0.39 is 32.8 Å². The molecule has 1 fully saturated rings. The van der Waals surface area contributed by atoms with Crippen molar-refractivity contribution in [1.29, 1.82) is 0 Å². The molecule has 3 aromatic rings. The summed E-state index contributed by atoms with van der Waals surface area (Å²) in [7, 11) is -2.18. The quantitative estimate of drug-likeness (QED) is 0.362. The molecule has 0 bridgehead atoms. The van der Waals surface area contributed by atoms with Gasteiger partial charge in [-0.3, -0.25) is 4.79 Å². The second kappa shape index (κ2) is 12.0. The minimum absolute atomic E-state index is 0.0397. The molecule has 202 valence electrons. The zero-order valence-electron chi connectivity index (χ0n) is 21.4. The van der Waals surface area contributed by atoms with Gasteiger partial charge in [0, 0.05) is 44.6 Å². The predicted molar refractivity (Wildman–Crippen MR) is 142 cm³/mol. The minimum Gasteiger partial charge on any atom is -0.493 e. The summed E-state index contributed by atoms with van der Waals surface area (Å²) in [4.78, 5) is 15.0. The molecule has 1 atom stereocenters. The van der Waals surface area contributed by atoms with Crippen LogP contribution in [0.1, 0.15) is 30.4 Å². The van der Waals surface area contributed by atoms with Crippen LogP contribution in [0.3, 0.4) is 0 Å². The molecule has 4 rings (SSSR count). The maximum absolute atomic E-state index is 13.7. The molecular weight excluding hydrogens is 510 g/mol. The van der Waals surface area contributed by atoms with Crippen molar-refractivity contribution in [2.75, 3.05) is 26.7 Å². The molecule has 1 amide bonds. The summed E-state index contributed by atoms with van der Waals surface area (Å²) < 4.78 is 61.5. The van der Waals surface area contributed by atoms with E-state index in [0.717, 1.165) is 17.7 Å². The third kappa shape index (κ3) is 7.39. The molecule has 1 aliphatic heterocycles. The minimum atomic E-state index is -3.91. The number of carbonyl (C=O) groups excluding carboxylic acids is 1. The Kier molecular flexibility index (Phi) is 8.79. The predicted octanol–water partition coefficient (Wildman–Crippen LogP) is 5.00. The summed E-state index contributed by atoms with van der Waals surface area (Å²) in [6.45, 7) is 0.928. The first-order chi connectivity index (χ1) is 18.1. The van der Waals surface area contributed by atoms with Crippen molar-refractivity contribution < 1.29 is 26.7 Å². The summed E-state index contributed by atoms with van der Waals surface area (Å²) >= 11 is 0. The van der Waals surface area contributed by atoms with Crippen LogP contribution in [-0.2, 0) is 27.1 Å². The molecule has 0 N–H and O–H groups in total. The van der Waals surface area contributed by atoms with Gasteiger partial charge in [0.05, 0.1) is 12.4 Å². The van der Waals surface area contributed by atoms with Gasteiger partial charge in [-0.05, 0) is 48.2 Å². The monoisotopic (exact) mass is 542 g/mol. The van der Waals surface area contributed by atoms with E-state index >= 15 is 0 Å². The maximum Gasteiger partial charge on any atom is 0.223 e. The highest BCUT2D eigenvalue weighted by atomic mass is 32.2. The molecule has 0 spiro atoms. The van der Waals surface area contributed by atoms with Gasteiger partial charge < -0.3 is 9.64 Å². The van der Waals surface area contributed by atoms with Gasteiger partial charge in [0.2, 0.25) is 15.9 Å². The number of para-hydroxylation sites is 1. The molecule has 0 unspecified atom stereocenters. The second-order valence-electron chi connectivity index (χ2n) is 9.98. The third-order valence-electron chi connectivity index (χ3n) is 6.79. The standard InChI is InChI=1S/C29H32F2N2O4S/c1-32(19-23-9-4-2-5-10-23)28(34)18-29(22-37-27-11-6-3-7-12-27)13-8-14-33(21-29)38(35,36)20-24-15-25(30)17-26(31)16-24/h2-7,9-12,15-17H,8,13-14,18-22H2,1H3/t29-/m1/s1. The van der Waals surface area contributed by atoms with Crippen LogP contribution in [0.4, 0.5) is 8.78 Å². The lowest BCUT2D eigenvalue weighted by Crippen LogP contribution is -2.50. The Morgan fingerprint density at radius 2 is 1.61 bits per heavy atom. The number of piperidine rings is 1. The molecule has 1 saturated heterocycles. The van der Waals surface area contributed by atoms with Crippen LogP contribution in [0.15, 0.2) is 78.9 Å². The zero-order chi connectivity index (χ0) is 27.2. The number of hydrogen-bond donors (Lipinski definition) is 0. The van der Waals surface area contributed by atoms with Gasteiger partial charge in [-0.15, -0.1) is 0 Å². The molecule has 1 aliphatic rings. The van der Waals surface area contributed by atoms with Crippen molar-refractivity contribution in [2.45, 2.75) is 31.6 Å². The van der Waals surface area contributed by atoms with Crippen molar-refractivity contribution >= 4 is 15.9 Å². The van der Waals surface area contributed by atoms with Gasteiger partial charge in [-0.2, -0.15) is 0 Å². The molecule has 0 radical (unpaired) electrons. The summed E-state index contributed by atoms with van der Waals surface area (Å²) in [6.07, 6.45) is 1.24. The summed E-state index contributed by atoms with van der Waals surface area (Å²) in [5.41, 5.74) is 0.266. The highest BCUT2D eigenvalue weighted by Crippen LogP contribution is 2.37. The number of sulfonamides is 1. The van der Waals surface area contributed by atoms with Crippen LogP contribution in [0, 0.1) is 17.0 Å². The smallest absolute Gasteiger partial charge is 0.223 e. The van der Waals surface area contributed by atoms with E-state index in [0.29, 0.717) is 31.2 Å². The Balaban J connectivity index is 1.54. The van der Waals surface area contributed by atoms with Crippen molar-refractivity contribution in [3.63, 3.8) is 0 Å². The van der Waals surface area contributed by atoms with Crippen LogP contribution >= 0.6 is 0 Å². The molecule has 1 heterocycles. The van der Waals surface area contributed by atoms with Crippen molar-refractivity contribution in [3.05, 3.63) is 102 Å². The number of ether oxygens (including phenoxy) is 1. The Morgan fingerprint density at radius 1 is 0.974 bits per heavy atom. The van der Waals surface area contributed by atoms with Gasteiger partial charge in [-0.25, -0.2) is 21.5 Å². The van der Waals surface area contributed by atoms with Crippen molar-refractivity contribution in [3.8, 4) is 5.75 Å². The maximum atomic E-state index is 13.7. The number of rotatable bonds is 10. The average molecular weight is 543 g/mol. The Labute approximate surface area is 222 Å². The number of amides is 1. The number of hydrogen-bond acceptors (Lipinski definition) is 4. The largest absolute Gasteiger partial charge is 0.493 e. The summed E-state index contributed by atoms with van der Waals surface area (Å²) in [6, 6.07) is 21.6. The summed E-state index contributed by atoms with van der Waals surface area (Å²) in [5, 5.41) is 0. The van der Waals surface area contributed by atoms with Gasteiger partial charge >= 0.3 is 0 Å². The van der Waals surface area contributed by atoms with Crippen LogP contribution < -0.4 is 4.74 Å². The number of nitrogens with zero attached hydrogens (tertiary/aromatic N) is 2. The van der Waals surface area contributed by atoms with E-state index in [4.69, 9.17) is 4.74 Å². The van der Waals surface area contributed by atoms with E-state index in [1.54, 1.807) is 11.9 Å². The van der Waals surface area contributed by atoms with Gasteiger partial charge in [-0.1, -0.05) is 48.5 Å². The Hall–Kier alpha value is -3.30. The molecule has 0 aromatic heterocycles. The van der Waals surface area contributed by atoms with Gasteiger partial charge in [0.25, 0.3) is 0 Å². The molecule has 6 nitrogen and oxygen atoms in total. The lowest BCUT2D eigenvalue weighted by Gasteiger charge is -2.42. The van der Waals surface area contributed by atoms with E-state index in [1.807, 2.05) is 60.7 Å². The first-order valence-corrected chi connectivity index (χ1v) is 14.1. The number of halogens is 2.